The third-order valence-corrected chi connectivity index (χ3v) is 1.90. The standard InChI is InChI=1S/C9H20N2O2/c1-7(6-13-4)5-11-9(12)8(2)10-3/h7-8,10H,5-6H2,1-4H3,(H,11,12). The van der Waals surface area contributed by atoms with E-state index in [2.05, 4.69) is 10.6 Å². The molecule has 0 saturated heterocycles. The molecule has 0 aliphatic carbocycles. The van der Waals surface area contributed by atoms with Gasteiger partial charge in [0.15, 0.2) is 0 Å². The van der Waals surface area contributed by atoms with Crippen LogP contribution in [-0.4, -0.2) is 39.3 Å². The molecule has 1 amide bonds. The van der Waals surface area contributed by atoms with Gasteiger partial charge in [0.05, 0.1) is 12.6 Å². The first kappa shape index (κ1) is 12.4. The number of carbonyl (C=O) groups excluding carboxylic acids is 1. The van der Waals surface area contributed by atoms with Gasteiger partial charge >= 0.3 is 0 Å². The van der Waals surface area contributed by atoms with E-state index in [1.807, 2.05) is 13.8 Å². The van der Waals surface area contributed by atoms with E-state index < -0.39 is 0 Å². The van der Waals surface area contributed by atoms with Crippen molar-refractivity contribution < 1.29 is 9.53 Å². The topological polar surface area (TPSA) is 50.4 Å². The van der Waals surface area contributed by atoms with Crippen molar-refractivity contribution in [3.8, 4) is 0 Å². The van der Waals surface area contributed by atoms with E-state index in [-0.39, 0.29) is 11.9 Å². The molecule has 0 rings (SSSR count). The summed E-state index contributed by atoms with van der Waals surface area (Å²) in [5, 5.41) is 5.71. The third-order valence-electron chi connectivity index (χ3n) is 1.90. The van der Waals surface area contributed by atoms with Gasteiger partial charge in [-0.3, -0.25) is 4.79 Å². The molecule has 0 radical (unpaired) electrons. The van der Waals surface area contributed by atoms with E-state index in [0.717, 1.165) is 0 Å². The van der Waals surface area contributed by atoms with Crippen molar-refractivity contribution in [1.29, 1.82) is 0 Å². The Morgan fingerprint density at radius 3 is 2.54 bits per heavy atom. The highest BCUT2D eigenvalue weighted by Gasteiger charge is 2.10. The van der Waals surface area contributed by atoms with Gasteiger partial charge in [-0.2, -0.15) is 0 Å². The highest BCUT2D eigenvalue weighted by atomic mass is 16.5. The summed E-state index contributed by atoms with van der Waals surface area (Å²) in [6.07, 6.45) is 0. The number of nitrogens with one attached hydrogen (secondary N) is 2. The van der Waals surface area contributed by atoms with Gasteiger partial charge < -0.3 is 15.4 Å². The minimum atomic E-state index is -0.130. The molecule has 0 aliphatic rings. The maximum absolute atomic E-state index is 11.3. The number of ether oxygens (including phenoxy) is 1. The second-order valence-electron chi connectivity index (χ2n) is 3.32. The minimum Gasteiger partial charge on any atom is -0.384 e. The Bertz CT molecular complexity index is 151. The van der Waals surface area contributed by atoms with Crippen LogP contribution in [-0.2, 0) is 9.53 Å². The second kappa shape index (κ2) is 6.86. The zero-order chi connectivity index (χ0) is 10.3. The van der Waals surface area contributed by atoms with E-state index in [9.17, 15) is 4.79 Å². The van der Waals surface area contributed by atoms with Gasteiger partial charge in [-0.25, -0.2) is 0 Å². The van der Waals surface area contributed by atoms with E-state index >= 15 is 0 Å². The number of amides is 1. The number of likely N-dealkylation sites (N-methyl/N-ethyl adjacent to an activating group) is 1. The van der Waals surface area contributed by atoms with Crippen molar-refractivity contribution in [3.05, 3.63) is 0 Å². The molecule has 4 nitrogen and oxygen atoms in total. The third kappa shape index (κ3) is 5.60. The molecular formula is C9H20N2O2. The smallest absolute Gasteiger partial charge is 0.236 e. The first-order chi connectivity index (χ1) is 6.11. The number of hydrogen-bond acceptors (Lipinski definition) is 3. The monoisotopic (exact) mass is 188 g/mol. The van der Waals surface area contributed by atoms with Crippen molar-refractivity contribution in [2.75, 3.05) is 27.3 Å². The zero-order valence-electron chi connectivity index (χ0n) is 8.89. The maximum atomic E-state index is 11.3. The predicted molar refractivity (Wildman–Crippen MR) is 52.6 cm³/mol. The SMILES string of the molecule is CNC(C)C(=O)NCC(C)COC. The fourth-order valence-electron chi connectivity index (χ4n) is 0.902. The lowest BCUT2D eigenvalue weighted by atomic mass is 10.2. The highest BCUT2D eigenvalue weighted by molar-refractivity contribution is 5.81. The largest absolute Gasteiger partial charge is 0.384 e. The number of carbonyl (C=O) groups is 1. The lowest BCUT2D eigenvalue weighted by Gasteiger charge is -2.14. The lowest BCUT2D eigenvalue weighted by molar-refractivity contribution is -0.122. The quantitative estimate of drug-likeness (QED) is 0.616. The van der Waals surface area contributed by atoms with Crippen LogP contribution in [0.2, 0.25) is 0 Å². The lowest BCUT2D eigenvalue weighted by Crippen LogP contribution is -2.42. The van der Waals surface area contributed by atoms with Crippen LogP contribution >= 0.6 is 0 Å². The Morgan fingerprint density at radius 2 is 2.08 bits per heavy atom. The van der Waals surface area contributed by atoms with Gasteiger partial charge in [-0.05, 0) is 19.9 Å². The molecule has 0 saturated carbocycles. The van der Waals surface area contributed by atoms with Crippen molar-refractivity contribution in [2.24, 2.45) is 5.92 Å². The Labute approximate surface area is 80.0 Å². The summed E-state index contributed by atoms with van der Waals surface area (Å²) in [4.78, 5) is 11.3. The van der Waals surface area contributed by atoms with Gasteiger partial charge in [-0.1, -0.05) is 6.92 Å². The van der Waals surface area contributed by atoms with Crippen LogP contribution in [0.3, 0.4) is 0 Å². The molecule has 2 atom stereocenters. The van der Waals surface area contributed by atoms with Crippen LogP contribution in [0.4, 0.5) is 0 Å². The van der Waals surface area contributed by atoms with Crippen LogP contribution < -0.4 is 10.6 Å². The molecule has 0 aromatic heterocycles. The molecule has 2 N–H and O–H groups in total. The Hall–Kier alpha value is -0.610. The van der Waals surface area contributed by atoms with Crippen molar-refractivity contribution in [2.45, 2.75) is 19.9 Å². The van der Waals surface area contributed by atoms with Gasteiger partial charge in [0.1, 0.15) is 0 Å². The van der Waals surface area contributed by atoms with E-state index in [4.69, 9.17) is 4.74 Å². The fraction of sp³-hybridized carbons (Fsp3) is 0.889. The zero-order valence-corrected chi connectivity index (χ0v) is 8.89. The molecule has 13 heavy (non-hydrogen) atoms. The van der Waals surface area contributed by atoms with E-state index in [1.54, 1.807) is 14.2 Å². The average Bonchev–Trinajstić information content (AvgIpc) is 2.13. The van der Waals surface area contributed by atoms with Gasteiger partial charge in [0.25, 0.3) is 0 Å². The van der Waals surface area contributed by atoms with E-state index in [0.29, 0.717) is 19.1 Å². The first-order valence-electron chi connectivity index (χ1n) is 4.55. The van der Waals surface area contributed by atoms with Gasteiger partial charge in [0.2, 0.25) is 5.91 Å². The summed E-state index contributed by atoms with van der Waals surface area (Å²) >= 11 is 0. The minimum absolute atomic E-state index is 0.0328. The molecule has 0 aromatic rings. The molecule has 0 aromatic carbocycles. The van der Waals surface area contributed by atoms with Crippen molar-refractivity contribution in [1.82, 2.24) is 10.6 Å². The molecule has 2 unspecified atom stereocenters. The van der Waals surface area contributed by atoms with Crippen molar-refractivity contribution in [3.63, 3.8) is 0 Å². The van der Waals surface area contributed by atoms with Crippen LogP contribution in [0.1, 0.15) is 13.8 Å². The summed E-state index contributed by atoms with van der Waals surface area (Å²) in [6.45, 7) is 5.21. The maximum Gasteiger partial charge on any atom is 0.236 e. The predicted octanol–water partition coefficient (Wildman–Crippen LogP) is -0.00700. The van der Waals surface area contributed by atoms with Gasteiger partial charge in [0, 0.05) is 13.7 Å². The Morgan fingerprint density at radius 1 is 1.46 bits per heavy atom. The molecular weight excluding hydrogens is 168 g/mol. The summed E-state index contributed by atoms with van der Waals surface area (Å²) in [5.74, 6) is 0.392. The first-order valence-corrected chi connectivity index (χ1v) is 4.55. The molecule has 0 bridgehead atoms. The molecule has 78 valence electrons. The fourth-order valence-corrected chi connectivity index (χ4v) is 0.902. The van der Waals surface area contributed by atoms with Crippen LogP contribution in [0.15, 0.2) is 0 Å². The van der Waals surface area contributed by atoms with Gasteiger partial charge in [-0.15, -0.1) is 0 Å². The summed E-state index contributed by atoms with van der Waals surface area (Å²) in [6, 6.07) is -0.130. The van der Waals surface area contributed by atoms with E-state index in [1.165, 1.54) is 0 Å². The second-order valence-corrected chi connectivity index (χ2v) is 3.32. The number of hydrogen-bond donors (Lipinski definition) is 2. The van der Waals surface area contributed by atoms with Crippen LogP contribution in [0.5, 0.6) is 0 Å². The summed E-state index contributed by atoms with van der Waals surface area (Å²) in [7, 11) is 3.43. The molecule has 0 spiro atoms. The molecule has 4 heteroatoms. The molecule has 0 aliphatic heterocycles. The summed E-state index contributed by atoms with van der Waals surface area (Å²) < 4.78 is 4.96. The molecule has 0 heterocycles. The normalized spacial score (nSPS) is 15.1. The number of rotatable bonds is 6. The Balaban J connectivity index is 3.57. The number of methoxy groups -OCH3 is 1. The van der Waals surface area contributed by atoms with Crippen molar-refractivity contribution >= 4 is 5.91 Å². The Kier molecular flexibility index (Phi) is 6.54. The van der Waals surface area contributed by atoms with Crippen LogP contribution in [0, 0.1) is 5.92 Å². The highest BCUT2D eigenvalue weighted by Crippen LogP contribution is 1.92. The molecule has 0 fully saturated rings. The van der Waals surface area contributed by atoms with Crippen LogP contribution in [0.25, 0.3) is 0 Å². The summed E-state index contributed by atoms with van der Waals surface area (Å²) in [5.41, 5.74) is 0. The average molecular weight is 188 g/mol.